The van der Waals surface area contributed by atoms with Crippen molar-refractivity contribution in [3.63, 3.8) is 0 Å². The maximum absolute atomic E-state index is 14.8. The van der Waals surface area contributed by atoms with Crippen LogP contribution in [0.25, 0.3) is 27.4 Å². The maximum Gasteiger partial charge on any atom is 0.417 e. The first-order valence-corrected chi connectivity index (χ1v) is 13.4. The zero-order chi connectivity index (χ0) is 30.3. The summed E-state index contributed by atoms with van der Waals surface area (Å²) in [4.78, 5) is 37.9. The molecule has 0 saturated heterocycles. The number of hydrogen-bond donors (Lipinski definition) is 1. The molecular formula is C30H19BrF5N3O3. The average Bonchev–Trinajstić information content (AvgIpc) is 3.38. The van der Waals surface area contributed by atoms with Crippen LogP contribution in [0.3, 0.4) is 0 Å². The number of benzene rings is 2. The highest BCUT2D eigenvalue weighted by molar-refractivity contribution is 9.09. The van der Waals surface area contributed by atoms with Crippen molar-refractivity contribution in [2.24, 2.45) is 7.05 Å². The molecule has 0 unspecified atom stereocenters. The Balaban J connectivity index is 1.61. The minimum Gasteiger partial charge on any atom is -0.318 e. The number of ketones is 1. The van der Waals surface area contributed by atoms with Crippen LogP contribution in [-0.2, 0) is 18.0 Å². The predicted octanol–water partition coefficient (Wildman–Crippen LogP) is 6.88. The first kappa shape index (κ1) is 28.9. The number of aromatic nitrogens is 2. The molecule has 214 valence electrons. The second-order valence-electron chi connectivity index (χ2n) is 9.30. The minimum absolute atomic E-state index is 0.0760. The number of pyridine rings is 2. The average molecular weight is 644 g/mol. The summed E-state index contributed by atoms with van der Waals surface area (Å²) in [6.07, 6.45) is 0.540. The van der Waals surface area contributed by atoms with E-state index in [1.54, 1.807) is 0 Å². The van der Waals surface area contributed by atoms with Gasteiger partial charge in [-0.1, -0.05) is 28.1 Å². The van der Waals surface area contributed by atoms with Gasteiger partial charge >= 0.3 is 6.18 Å². The number of allylic oxidation sites excluding steroid dienone is 1. The van der Waals surface area contributed by atoms with E-state index in [2.05, 4.69) is 21.2 Å². The largest absolute Gasteiger partial charge is 0.417 e. The van der Waals surface area contributed by atoms with Gasteiger partial charge in [-0.3, -0.25) is 14.4 Å². The number of nitrogens with one attached hydrogen (secondary N) is 1. The van der Waals surface area contributed by atoms with E-state index in [1.165, 1.54) is 70.9 Å². The Morgan fingerprint density at radius 3 is 2.36 bits per heavy atom. The second-order valence-corrected chi connectivity index (χ2v) is 9.95. The molecule has 0 bridgehead atoms. The van der Waals surface area contributed by atoms with Crippen molar-refractivity contribution in [2.75, 3.05) is 10.6 Å². The number of nitrogens with zero attached hydrogens (tertiary/aromatic N) is 2. The summed E-state index contributed by atoms with van der Waals surface area (Å²) in [5.41, 5.74) is -2.64. The van der Waals surface area contributed by atoms with Gasteiger partial charge in [-0.2, -0.15) is 13.2 Å². The van der Waals surface area contributed by atoms with Crippen LogP contribution >= 0.6 is 15.9 Å². The molecule has 0 radical (unpaired) electrons. The monoisotopic (exact) mass is 643 g/mol. The van der Waals surface area contributed by atoms with Gasteiger partial charge < -0.3 is 14.3 Å². The quantitative estimate of drug-likeness (QED) is 0.0949. The summed E-state index contributed by atoms with van der Waals surface area (Å²) >= 11 is 3.08. The molecule has 5 rings (SSSR count). The number of anilines is 1. The lowest BCUT2D eigenvalue weighted by atomic mass is 9.95. The number of carbonyl (C=O) groups excluding carboxylic acids is 2. The predicted molar refractivity (Wildman–Crippen MR) is 152 cm³/mol. The zero-order valence-electron chi connectivity index (χ0n) is 21.6. The molecule has 2 aromatic carbocycles. The van der Waals surface area contributed by atoms with Crippen LogP contribution in [0.1, 0.15) is 21.6 Å². The normalized spacial score (nSPS) is 12.0. The molecule has 1 amide bonds. The highest BCUT2D eigenvalue weighted by atomic mass is 79.9. The smallest absolute Gasteiger partial charge is 0.318 e. The number of carbonyl (C=O) groups is 2. The lowest BCUT2D eigenvalue weighted by Crippen LogP contribution is -2.17. The van der Waals surface area contributed by atoms with Crippen molar-refractivity contribution in [2.45, 2.75) is 6.18 Å². The Morgan fingerprint density at radius 2 is 1.69 bits per heavy atom. The van der Waals surface area contributed by atoms with Crippen molar-refractivity contribution in [1.82, 2.24) is 8.97 Å². The molecule has 0 saturated carbocycles. The number of fused-ring (bicyclic) bond motifs is 2. The van der Waals surface area contributed by atoms with Gasteiger partial charge in [-0.05, 0) is 59.5 Å². The lowest BCUT2D eigenvalue weighted by Gasteiger charge is -2.16. The van der Waals surface area contributed by atoms with E-state index in [0.29, 0.717) is 5.33 Å². The van der Waals surface area contributed by atoms with Gasteiger partial charge in [0.15, 0.2) is 0 Å². The SMILES string of the molecule is Cn1ccc2cc(C(F)(F)F)c(-c3cccn4c(C(=O)c5cc(F)c(NC(=O)/C=C/CBr)c(F)c5)ccc34)cc2c1=O. The first-order chi connectivity index (χ1) is 19.9. The topological polar surface area (TPSA) is 72.6 Å². The van der Waals surface area contributed by atoms with E-state index in [1.807, 2.05) is 0 Å². The van der Waals surface area contributed by atoms with Crippen LogP contribution in [0.5, 0.6) is 0 Å². The van der Waals surface area contributed by atoms with Gasteiger partial charge in [0.05, 0.1) is 16.8 Å². The number of rotatable bonds is 6. The molecule has 42 heavy (non-hydrogen) atoms. The molecule has 0 aliphatic carbocycles. The molecule has 0 aliphatic heterocycles. The van der Waals surface area contributed by atoms with E-state index in [9.17, 15) is 36.3 Å². The third-order valence-electron chi connectivity index (χ3n) is 6.65. The number of aryl methyl sites for hydroxylation is 1. The van der Waals surface area contributed by atoms with Crippen LogP contribution in [-0.4, -0.2) is 26.0 Å². The van der Waals surface area contributed by atoms with Gasteiger partial charge in [0.2, 0.25) is 11.7 Å². The second kappa shape index (κ2) is 11.0. The highest BCUT2D eigenvalue weighted by Gasteiger charge is 2.35. The summed E-state index contributed by atoms with van der Waals surface area (Å²) in [6, 6.07) is 10.6. The molecular weight excluding hydrogens is 625 g/mol. The van der Waals surface area contributed by atoms with Crippen LogP contribution < -0.4 is 10.9 Å². The molecule has 1 N–H and O–H groups in total. The summed E-state index contributed by atoms with van der Waals surface area (Å²) in [5, 5.41) is 2.63. The van der Waals surface area contributed by atoms with Crippen LogP contribution in [0.2, 0.25) is 0 Å². The highest BCUT2D eigenvalue weighted by Crippen LogP contribution is 2.40. The standard InChI is InChI=1S/C30H19BrF5N3O3/c1-38-11-8-16-12-21(30(34,35)36)20(15-19(16)29(38)42)18-4-3-10-39-24(18)6-7-25(39)28(41)17-13-22(32)27(23(33)14-17)37-26(40)5-2-9-31/h2-8,10-15H,9H2,1H3,(H,37,40)/b5-2+. The Morgan fingerprint density at radius 1 is 0.976 bits per heavy atom. The fourth-order valence-corrected chi connectivity index (χ4v) is 4.87. The number of halogens is 6. The first-order valence-electron chi connectivity index (χ1n) is 12.3. The van der Waals surface area contributed by atoms with Gasteiger partial charge in [0.1, 0.15) is 17.3 Å². The van der Waals surface area contributed by atoms with Crippen LogP contribution in [0.4, 0.5) is 27.6 Å². The molecule has 12 heteroatoms. The maximum atomic E-state index is 14.8. The third kappa shape index (κ3) is 5.25. The fourth-order valence-electron chi connectivity index (χ4n) is 4.69. The van der Waals surface area contributed by atoms with Gasteiger partial charge in [-0.15, -0.1) is 0 Å². The van der Waals surface area contributed by atoms with Crippen molar-refractivity contribution in [1.29, 1.82) is 0 Å². The van der Waals surface area contributed by atoms with E-state index in [-0.39, 0.29) is 38.7 Å². The Hall–Kier alpha value is -4.58. The molecule has 6 nitrogen and oxygen atoms in total. The van der Waals surface area contributed by atoms with E-state index in [0.717, 1.165) is 24.3 Å². The third-order valence-corrected chi connectivity index (χ3v) is 7.02. The van der Waals surface area contributed by atoms with Crippen molar-refractivity contribution in [3.8, 4) is 11.1 Å². The van der Waals surface area contributed by atoms with Crippen molar-refractivity contribution < 1.29 is 31.5 Å². The van der Waals surface area contributed by atoms with Crippen LogP contribution in [0, 0.1) is 11.6 Å². The summed E-state index contributed by atoms with van der Waals surface area (Å²) in [5.74, 6) is -3.97. The van der Waals surface area contributed by atoms with Gasteiger partial charge in [0.25, 0.3) is 5.56 Å². The Kier molecular flexibility index (Phi) is 7.58. The molecule has 5 aromatic rings. The summed E-state index contributed by atoms with van der Waals surface area (Å²) in [7, 11) is 1.48. The van der Waals surface area contributed by atoms with Gasteiger partial charge in [0, 0.05) is 47.4 Å². The molecule has 3 aromatic heterocycles. The molecule has 0 fully saturated rings. The van der Waals surface area contributed by atoms with Gasteiger partial charge in [-0.25, -0.2) is 8.78 Å². The minimum atomic E-state index is -4.76. The van der Waals surface area contributed by atoms with Crippen molar-refractivity contribution >= 4 is 49.6 Å². The molecule has 0 spiro atoms. The number of alkyl halides is 4. The molecule has 0 aliphatic rings. The van der Waals surface area contributed by atoms with E-state index < -0.39 is 46.3 Å². The Labute approximate surface area is 242 Å². The number of amides is 1. The number of hydrogen-bond acceptors (Lipinski definition) is 3. The van der Waals surface area contributed by atoms with E-state index >= 15 is 0 Å². The Bertz CT molecular complexity index is 1970. The molecule has 0 atom stereocenters. The summed E-state index contributed by atoms with van der Waals surface area (Å²) in [6.45, 7) is 0. The molecule has 3 heterocycles. The van der Waals surface area contributed by atoms with E-state index in [4.69, 9.17) is 0 Å². The van der Waals surface area contributed by atoms with Crippen molar-refractivity contribution in [3.05, 3.63) is 118 Å². The summed E-state index contributed by atoms with van der Waals surface area (Å²) < 4.78 is 74.7. The fraction of sp³-hybridized carbons (Fsp3) is 0.100. The zero-order valence-corrected chi connectivity index (χ0v) is 23.2. The lowest BCUT2D eigenvalue weighted by molar-refractivity contribution is -0.137. The van der Waals surface area contributed by atoms with Crippen LogP contribution in [0.15, 0.2) is 83.9 Å².